The molecule has 0 bridgehead atoms. The molecule has 0 saturated carbocycles. The maximum atomic E-state index is 5.16. The monoisotopic (exact) mass is 667 g/mol. The zero-order valence-electron chi connectivity index (χ0n) is 28.3. The standard InChI is InChI=1S/C47H33N5/c1-4-16-33(17-5-1)45-48-46(34-18-6-2-7-19-34)50-47(49-45)36-20-14-23-38(29-36)52-42-26-13-11-24-39(42)40-31-43-35(30-44(40)52)28-27-32-15-10-12-25-41(32)51(43)37-21-8-3-9-22-37/h1-31,45H,(H,48,49,50). The van der Waals surface area contributed by atoms with Gasteiger partial charge in [0.15, 0.2) is 5.84 Å². The lowest BCUT2D eigenvalue weighted by molar-refractivity contribution is 0.674. The Morgan fingerprint density at radius 3 is 2.00 bits per heavy atom. The van der Waals surface area contributed by atoms with Crippen LogP contribution in [-0.4, -0.2) is 16.2 Å². The molecule has 0 spiro atoms. The molecule has 1 N–H and O–H groups in total. The summed E-state index contributed by atoms with van der Waals surface area (Å²) < 4.78 is 2.38. The number of para-hydroxylation sites is 3. The van der Waals surface area contributed by atoms with Crippen LogP contribution in [0.2, 0.25) is 0 Å². The highest BCUT2D eigenvalue weighted by molar-refractivity contribution is 6.14. The van der Waals surface area contributed by atoms with Gasteiger partial charge in [-0.1, -0.05) is 140 Å². The first-order valence-electron chi connectivity index (χ1n) is 17.6. The minimum Gasteiger partial charge on any atom is -0.344 e. The van der Waals surface area contributed by atoms with Gasteiger partial charge >= 0.3 is 0 Å². The second-order valence-electron chi connectivity index (χ2n) is 13.1. The van der Waals surface area contributed by atoms with Gasteiger partial charge in [0, 0.05) is 38.8 Å². The number of rotatable bonds is 5. The molecule has 0 radical (unpaired) electrons. The molecule has 5 heteroatoms. The Balaban J connectivity index is 1.16. The topological polar surface area (TPSA) is 44.9 Å². The number of nitrogens with one attached hydrogen (secondary N) is 1. The summed E-state index contributed by atoms with van der Waals surface area (Å²) >= 11 is 0. The molecule has 5 nitrogen and oxygen atoms in total. The number of anilines is 3. The first-order valence-corrected chi connectivity index (χ1v) is 17.6. The number of hydrogen-bond donors (Lipinski definition) is 1. The van der Waals surface area contributed by atoms with E-state index in [-0.39, 0.29) is 6.17 Å². The molecule has 246 valence electrons. The summed E-state index contributed by atoms with van der Waals surface area (Å²) in [7, 11) is 0. The van der Waals surface area contributed by atoms with E-state index in [2.05, 4.69) is 179 Å². The van der Waals surface area contributed by atoms with E-state index in [1.165, 1.54) is 16.3 Å². The van der Waals surface area contributed by atoms with Gasteiger partial charge in [-0.15, -0.1) is 0 Å². The predicted molar refractivity (Wildman–Crippen MR) is 216 cm³/mol. The van der Waals surface area contributed by atoms with E-state index in [0.717, 1.165) is 61.9 Å². The van der Waals surface area contributed by atoms with Crippen LogP contribution >= 0.6 is 0 Å². The molecule has 7 aromatic carbocycles. The van der Waals surface area contributed by atoms with E-state index in [4.69, 9.17) is 9.98 Å². The molecule has 0 amide bonds. The molecule has 1 unspecified atom stereocenters. The van der Waals surface area contributed by atoms with E-state index in [1.807, 2.05) is 24.3 Å². The Morgan fingerprint density at radius 2 is 1.15 bits per heavy atom. The van der Waals surface area contributed by atoms with Crippen molar-refractivity contribution in [1.29, 1.82) is 0 Å². The normalized spacial score (nSPS) is 15.0. The van der Waals surface area contributed by atoms with E-state index in [1.54, 1.807) is 0 Å². The molecule has 3 heterocycles. The molecule has 8 aromatic rings. The smallest absolute Gasteiger partial charge is 0.159 e. The highest BCUT2D eigenvalue weighted by atomic mass is 15.2. The Morgan fingerprint density at radius 1 is 0.481 bits per heavy atom. The van der Waals surface area contributed by atoms with Crippen LogP contribution in [0.3, 0.4) is 0 Å². The summed E-state index contributed by atoms with van der Waals surface area (Å²) in [4.78, 5) is 12.7. The van der Waals surface area contributed by atoms with Crippen molar-refractivity contribution in [2.24, 2.45) is 9.98 Å². The lowest BCUT2D eigenvalue weighted by Crippen LogP contribution is -2.33. The molecule has 10 rings (SSSR count). The Bertz CT molecular complexity index is 2710. The van der Waals surface area contributed by atoms with Gasteiger partial charge in [-0.05, 0) is 59.7 Å². The maximum absolute atomic E-state index is 5.16. The Hall–Kier alpha value is -6.98. The van der Waals surface area contributed by atoms with E-state index in [0.29, 0.717) is 5.84 Å². The molecule has 52 heavy (non-hydrogen) atoms. The predicted octanol–water partition coefficient (Wildman–Crippen LogP) is 11.2. The molecule has 1 atom stereocenters. The van der Waals surface area contributed by atoms with Gasteiger partial charge in [-0.3, -0.25) is 0 Å². The Kier molecular flexibility index (Phi) is 7.14. The van der Waals surface area contributed by atoms with Crippen molar-refractivity contribution in [2.75, 3.05) is 4.90 Å². The van der Waals surface area contributed by atoms with Crippen LogP contribution in [-0.2, 0) is 0 Å². The highest BCUT2D eigenvalue weighted by Gasteiger charge is 2.24. The summed E-state index contributed by atoms with van der Waals surface area (Å²) in [5, 5.41) is 5.98. The molecule has 1 aromatic heterocycles. The van der Waals surface area contributed by atoms with Gasteiger partial charge < -0.3 is 14.8 Å². The third kappa shape index (κ3) is 5.10. The fourth-order valence-electron chi connectivity index (χ4n) is 7.53. The number of fused-ring (bicyclic) bond motifs is 5. The summed E-state index contributed by atoms with van der Waals surface area (Å²) in [5.41, 5.74) is 12.2. The Labute approximate surface area is 302 Å². The summed E-state index contributed by atoms with van der Waals surface area (Å²) in [5.74, 6) is 1.50. The minimum absolute atomic E-state index is 0.264. The molecule has 2 aliphatic heterocycles. The largest absolute Gasteiger partial charge is 0.344 e. The molecular weight excluding hydrogens is 635 g/mol. The lowest BCUT2D eigenvalue weighted by Gasteiger charge is -2.27. The first-order chi connectivity index (χ1) is 25.8. The third-order valence-electron chi connectivity index (χ3n) is 9.96. The fraction of sp³-hybridized carbons (Fsp3) is 0.0213. The second-order valence-corrected chi connectivity index (χ2v) is 13.1. The van der Waals surface area contributed by atoms with Crippen LogP contribution in [0.15, 0.2) is 186 Å². The van der Waals surface area contributed by atoms with Gasteiger partial charge in [0.05, 0.1) is 22.4 Å². The van der Waals surface area contributed by atoms with Crippen LogP contribution in [0, 0.1) is 0 Å². The fourth-order valence-corrected chi connectivity index (χ4v) is 7.53. The number of aliphatic imine (C=N–C) groups is 2. The van der Waals surface area contributed by atoms with Gasteiger partial charge in [0.1, 0.15) is 12.0 Å². The third-order valence-corrected chi connectivity index (χ3v) is 9.96. The van der Waals surface area contributed by atoms with Gasteiger partial charge in [-0.2, -0.15) is 0 Å². The highest BCUT2D eigenvalue weighted by Crippen LogP contribution is 2.45. The average molecular weight is 668 g/mol. The second kappa shape index (κ2) is 12.4. The van der Waals surface area contributed by atoms with E-state index >= 15 is 0 Å². The van der Waals surface area contributed by atoms with Crippen molar-refractivity contribution in [3.8, 4) is 5.69 Å². The number of hydrogen-bond acceptors (Lipinski definition) is 4. The lowest BCUT2D eigenvalue weighted by atomic mass is 10.1. The zero-order valence-corrected chi connectivity index (χ0v) is 28.3. The SMILES string of the molecule is C1=Cc2cc3c(cc2N(c2ccccc2)c2ccccc21)c1ccccc1n3-c1cccc(C2=NC(c3ccccc3)NC(c3ccccc3)=N2)c1. The van der Waals surface area contributed by atoms with Crippen molar-refractivity contribution in [3.05, 3.63) is 204 Å². The first kappa shape index (κ1) is 29.9. The van der Waals surface area contributed by atoms with Crippen LogP contribution < -0.4 is 10.2 Å². The average Bonchev–Trinajstić information content (AvgIpc) is 3.44. The maximum Gasteiger partial charge on any atom is 0.159 e. The number of benzene rings is 7. The number of aromatic nitrogens is 1. The van der Waals surface area contributed by atoms with Crippen LogP contribution in [0.4, 0.5) is 17.1 Å². The van der Waals surface area contributed by atoms with Crippen molar-refractivity contribution >= 4 is 62.7 Å². The van der Waals surface area contributed by atoms with Gasteiger partial charge in [0.2, 0.25) is 0 Å². The summed E-state index contributed by atoms with van der Waals surface area (Å²) in [6, 6.07) is 61.9. The molecule has 0 saturated heterocycles. The molecular formula is C47H33N5. The van der Waals surface area contributed by atoms with Gasteiger partial charge in [0.25, 0.3) is 0 Å². The van der Waals surface area contributed by atoms with E-state index < -0.39 is 0 Å². The van der Waals surface area contributed by atoms with Crippen molar-refractivity contribution < 1.29 is 0 Å². The van der Waals surface area contributed by atoms with Crippen LogP contribution in [0.1, 0.15) is 34.0 Å². The quantitative estimate of drug-likeness (QED) is 0.199. The minimum atomic E-state index is -0.264. The van der Waals surface area contributed by atoms with Crippen LogP contribution in [0.25, 0.3) is 39.6 Å². The van der Waals surface area contributed by atoms with Crippen LogP contribution in [0.5, 0.6) is 0 Å². The molecule has 2 aliphatic rings. The van der Waals surface area contributed by atoms with Crippen molar-refractivity contribution in [3.63, 3.8) is 0 Å². The molecule has 0 fully saturated rings. The molecule has 0 aliphatic carbocycles. The van der Waals surface area contributed by atoms with E-state index in [9.17, 15) is 0 Å². The summed E-state index contributed by atoms with van der Waals surface area (Å²) in [6.45, 7) is 0. The van der Waals surface area contributed by atoms with Crippen molar-refractivity contribution in [2.45, 2.75) is 6.17 Å². The van der Waals surface area contributed by atoms with Gasteiger partial charge in [-0.25, -0.2) is 9.98 Å². The zero-order chi connectivity index (χ0) is 34.4. The number of amidine groups is 2. The number of nitrogens with zero attached hydrogens (tertiary/aromatic N) is 4. The van der Waals surface area contributed by atoms with Crippen molar-refractivity contribution in [1.82, 2.24) is 9.88 Å². The summed E-state index contributed by atoms with van der Waals surface area (Å²) in [6.07, 6.45) is 4.22.